The third kappa shape index (κ3) is 4.56. The largest absolute Gasteiger partial charge is 0.346 e. The van der Waals surface area contributed by atoms with Crippen molar-refractivity contribution in [3.05, 3.63) is 70.1 Å². The molecule has 2 bridgehead atoms. The summed E-state index contributed by atoms with van der Waals surface area (Å²) < 4.78 is 27.5. The van der Waals surface area contributed by atoms with Gasteiger partial charge in [-0.05, 0) is 61.3 Å². The Balaban J connectivity index is 1.64. The van der Waals surface area contributed by atoms with Gasteiger partial charge in [0.05, 0.1) is 5.70 Å². The first-order chi connectivity index (χ1) is 14.6. The summed E-state index contributed by atoms with van der Waals surface area (Å²) in [6.45, 7) is 3.67. The third-order valence-corrected chi connectivity index (χ3v) is 6.65. The molecule has 160 valence electrons. The Bertz CT molecular complexity index is 902. The molecule has 0 radical (unpaired) electrons. The van der Waals surface area contributed by atoms with E-state index in [2.05, 4.69) is 29.4 Å². The lowest BCUT2D eigenvalue weighted by Crippen LogP contribution is -2.41. The van der Waals surface area contributed by atoms with Crippen LogP contribution in [0.15, 0.2) is 52.9 Å². The van der Waals surface area contributed by atoms with Gasteiger partial charge in [0.2, 0.25) is 0 Å². The number of nitrogens with one attached hydrogen (secondary N) is 1. The summed E-state index contributed by atoms with van der Waals surface area (Å²) in [7, 11) is 0. The van der Waals surface area contributed by atoms with Crippen molar-refractivity contribution in [3.63, 3.8) is 0 Å². The lowest BCUT2D eigenvalue weighted by atomic mass is 9.80. The molecule has 4 rings (SSSR count). The average molecular weight is 413 g/mol. The van der Waals surface area contributed by atoms with Gasteiger partial charge < -0.3 is 10.2 Å². The van der Waals surface area contributed by atoms with E-state index >= 15 is 0 Å². The van der Waals surface area contributed by atoms with Crippen LogP contribution in [0, 0.1) is 17.6 Å². The first kappa shape index (κ1) is 21.0. The van der Waals surface area contributed by atoms with Gasteiger partial charge in [-0.3, -0.25) is 4.79 Å². The second-order valence-electron chi connectivity index (χ2n) is 8.76. The fourth-order valence-corrected chi connectivity index (χ4v) is 5.24. The Morgan fingerprint density at radius 2 is 2.13 bits per heavy atom. The summed E-state index contributed by atoms with van der Waals surface area (Å²) in [6.07, 6.45) is 12.0. The van der Waals surface area contributed by atoms with Crippen LogP contribution in [-0.4, -0.2) is 30.3 Å². The molecule has 30 heavy (non-hydrogen) atoms. The van der Waals surface area contributed by atoms with Crippen LogP contribution >= 0.6 is 0 Å². The Morgan fingerprint density at radius 1 is 1.27 bits per heavy atom. The molecule has 2 fully saturated rings. The molecule has 1 aliphatic carbocycles. The zero-order valence-electron chi connectivity index (χ0n) is 17.6. The highest BCUT2D eigenvalue weighted by atomic mass is 19.1. The van der Waals surface area contributed by atoms with E-state index in [1.807, 2.05) is 0 Å². The lowest BCUT2D eigenvalue weighted by molar-refractivity contribution is -0.105. The molecular weight excluding hydrogens is 382 g/mol. The van der Waals surface area contributed by atoms with Gasteiger partial charge in [-0.15, -0.1) is 0 Å². The maximum absolute atomic E-state index is 14.2. The van der Waals surface area contributed by atoms with Crippen molar-refractivity contribution in [3.8, 4) is 0 Å². The number of halogens is 2. The number of rotatable bonds is 3. The first-order valence-electron chi connectivity index (χ1n) is 11.0. The minimum absolute atomic E-state index is 0.372. The van der Waals surface area contributed by atoms with Gasteiger partial charge in [0.25, 0.3) is 0 Å². The Hall–Kier alpha value is -2.27. The molecule has 5 heteroatoms. The van der Waals surface area contributed by atoms with Gasteiger partial charge in [-0.25, -0.2) is 8.78 Å². The SMILES string of the molecule is C/C=C1/CC2CCCC(C2)NCCN2C=C(Cc3ccc(F)cc3F)CC(C=O)=C12. The van der Waals surface area contributed by atoms with E-state index in [1.165, 1.54) is 43.4 Å². The molecule has 2 heterocycles. The lowest BCUT2D eigenvalue weighted by Gasteiger charge is -2.38. The molecule has 1 aromatic carbocycles. The van der Waals surface area contributed by atoms with Crippen LogP contribution in [0.3, 0.4) is 0 Å². The van der Waals surface area contributed by atoms with Crippen molar-refractivity contribution in [1.29, 1.82) is 0 Å². The highest BCUT2D eigenvalue weighted by Crippen LogP contribution is 2.37. The summed E-state index contributed by atoms with van der Waals surface area (Å²) in [5.41, 5.74) is 4.46. The quantitative estimate of drug-likeness (QED) is 0.706. The number of carbonyl (C=O) groups is 1. The molecule has 1 aromatic rings. The summed E-state index contributed by atoms with van der Waals surface area (Å²) in [5.74, 6) is -0.473. The van der Waals surface area contributed by atoms with Crippen molar-refractivity contribution in [2.45, 2.75) is 57.9 Å². The first-order valence-corrected chi connectivity index (χ1v) is 11.0. The second kappa shape index (κ2) is 9.25. The second-order valence-corrected chi connectivity index (χ2v) is 8.76. The third-order valence-electron chi connectivity index (χ3n) is 6.65. The molecule has 0 spiro atoms. The summed E-state index contributed by atoms with van der Waals surface area (Å²) in [5, 5.41) is 3.70. The van der Waals surface area contributed by atoms with Gasteiger partial charge in [0, 0.05) is 43.4 Å². The molecule has 2 atom stereocenters. The van der Waals surface area contributed by atoms with Crippen LogP contribution in [-0.2, 0) is 11.2 Å². The molecule has 2 unspecified atom stereocenters. The summed E-state index contributed by atoms with van der Waals surface area (Å²) >= 11 is 0. The van der Waals surface area contributed by atoms with Crippen molar-refractivity contribution < 1.29 is 13.6 Å². The number of carbonyl (C=O) groups excluding carboxylic acids is 1. The maximum Gasteiger partial charge on any atom is 0.148 e. The summed E-state index contributed by atoms with van der Waals surface area (Å²) in [6, 6.07) is 4.27. The minimum Gasteiger partial charge on any atom is -0.346 e. The molecule has 3 aliphatic rings. The van der Waals surface area contributed by atoms with E-state index in [-0.39, 0.29) is 0 Å². The normalized spacial score (nSPS) is 26.3. The predicted molar refractivity (Wildman–Crippen MR) is 115 cm³/mol. The zero-order chi connectivity index (χ0) is 21.1. The highest BCUT2D eigenvalue weighted by Gasteiger charge is 2.29. The van der Waals surface area contributed by atoms with Crippen LogP contribution in [0.2, 0.25) is 0 Å². The maximum atomic E-state index is 14.2. The van der Waals surface area contributed by atoms with E-state index in [9.17, 15) is 13.6 Å². The van der Waals surface area contributed by atoms with Crippen LogP contribution in [0.1, 0.15) is 51.0 Å². The van der Waals surface area contributed by atoms with Crippen molar-refractivity contribution in [2.24, 2.45) is 5.92 Å². The van der Waals surface area contributed by atoms with Crippen LogP contribution in [0.5, 0.6) is 0 Å². The molecule has 0 amide bonds. The monoisotopic (exact) mass is 412 g/mol. The van der Waals surface area contributed by atoms with Gasteiger partial charge >= 0.3 is 0 Å². The fraction of sp³-hybridized carbons (Fsp3) is 0.480. The molecule has 1 saturated carbocycles. The number of allylic oxidation sites excluding steroid dienone is 4. The van der Waals surface area contributed by atoms with E-state index in [4.69, 9.17) is 0 Å². The molecule has 3 nitrogen and oxygen atoms in total. The van der Waals surface area contributed by atoms with Crippen LogP contribution in [0.25, 0.3) is 0 Å². The minimum atomic E-state index is -0.574. The van der Waals surface area contributed by atoms with Crippen molar-refractivity contribution in [1.82, 2.24) is 10.2 Å². The number of hydrogen-bond donors (Lipinski definition) is 1. The summed E-state index contributed by atoms with van der Waals surface area (Å²) in [4.78, 5) is 14.2. The van der Waals surface area contributed by atoms with E-state index in [0.29, 0.717) is 30.4 Å². The Morgan fingerprint density at radius 3 is 2.90 bits per heavy atom. The van der Waals surface area contributed by atoms with E-state index < -0.39 is 11.6 Å². The molecule has 0 aromatic heterocycles. The van der Waals surface area contributed by atoms with Crippen LogP contribution < -0.4 is 5.32 Å². The number of aldehydes is 1. The van der Waals surface area contributed by atoms with E-state index in [0.717, 1.165) is 48.7 Å². The van der Waals surface area contributed by atoms with Gasteiger partial charge in [-0.2, -0.15) is 0 Å². The Kier molecular flexibility index (Phi) is 6.47. The predicted octanol–water partition coefficient (Wildman–Crippen LogP) is 5.05. The van der Waals surface area contributed by atoms with Crippen molar-refractivity contribution in [2.75, 3.05) is 13.1 Å². The topological polar surface area (TPSA) is 32.3 Å². The average Bonchev–Trinajstić information content (AvgIpc) is 2.74. The standard InChI is InChI=1S/C25H30F2N2O/c1-2-19-10-17-4-3-5-23(13-17)28-8-9-29-15-18(12-21(16-30)25(19)29)11-20-6-7-22(26)14-24(20)27/h2,6-7,14-17,23,28H,3-5,8-13H2,1H3/b19-2-. The highest BCUT2D eigenvalue weighted by molar-refractivity contribution is 5.78. The van der Waals surface area contributed by atoms with Crippen molar-refractivity contribution >= 4 is 6.29 Å². The molecule has 2 aliphatic heterocycles. The Labute approximate surface area is 177 Å². The number of nitrogens with zero attached hydrogens (tertiary/aromatic N) is 1. The van der Waals surface area contributed by atoms with Gasteiger partial charge in [0.15, 0.2) is 0 Å². The molecule has 1 saturated heterocycles. The van der Waals surface area contributed by atoms with Crippen LogP contribution in [0.4, 0.5) is 8.78 Å². The number of hydrogen-bond acceptors (Lipinski definition) is 3. The zero-order valence-corrected chi connectivity index (χ0v) is 17.6. The fourth-order valence-electron chi connectivity index (χ4n) is 5.24. The van der Waals surface area contributed by atoms with Gasteiger partial charge in [0.1, 0.15) is 17.9 Å². The van der Waals surface area contributed by atoms with Gasteiger partial charge in [-0.1, -0.05) is 25.0 Å². The molecular formula is C25H30F2N2O. The van der Waals surface area contributed by atoms with E-state index in [1.54, 1.807) is 0 Å². The number of benzene rings is 1. The smallest absolute Gasteiger partial charge is 0.148 e. The number of fused-ring (bicyclic) bond motifs is 3. The molecule has 1 N–H and O–H groups in total.